The monoisotopic (exact) mass is 205 g/mol. The minimum absolute atomic E-state index is 0.601. The molecule has 3 heteroatoms. The van der Waals surface area contributed by atoms with Crippen LogP contribution in [0, 0.1) is 0 Å². The van der Waals surface area contributed by atoms with Crippen molar-refractivity contribution in [1.82, 2.24) is 15.2 Å². The van der Waals surface area contributed by atoms with Crippen molar-refractivity contribution in [2.75, 3.05) is 19.6 Å². The third-order valence-electron chi connectivity index (χ3n) is 2.80. The molecule has 1 unspecified atom stereocenters. The summed E-state index contributed by atoms with van der Waals surface area (Å²) in [6.45, 7) is 6.74. The van der Waals surface area contributed by atoms with Crippen LogP contribution in [0.5, 0.6) is 0 Å². The zero-order chi connectivity index (χ0) is 10.5. The molecule has 82 valence electrons. The van der Waals surface area contributed by atoms with Crippen molar-refractivity contribution in [1.29, 1.82) is 0 Å². The fourth-order valence-corrected chi connectivity index (χ4v) is 2.09. The molecular formula is C12H19N3. The summed E-state index contributed by atoms with van der Waals surface area (Å²) in [5.41, 5.74) is 1.31. The van der Waals surface area contributed by atoms with E-state index in [9.17, 15) is 0 Å². The molecule has 0 aliphatic carbocycles. The second-order valence-corrected chi connectivity index (χ2v) is 4.31. The van der Waals surface area contributed by atoms with Gasteiger partial charge in [0, 0.05) is 31.5 Å². The Bertz CT molecular complexity index is 286. The molecule has 1 aliphatic heterocycles. The average Bonchev–Trinajstić information content (AvgIpc) is 2.44. The molecule has 3 nitrogen and oxygen atoms in total. The minimum atomic E-state index is 0.601. The molecule has 0 aromatic carbocycles. The first kappa shape index (κ1) is 10.6. The summed E-state index contributed by atoms with van der Waals surface area (Å²) in [5.74, 6) is 0. The van der Waals surface area contributed by atoms with Crippen LogP contribution in [0.15, 0.2) is 24.5 Å². The lowest BCUT2D eigenvalue weighted by Gasteiger charge is -2.21. The zero-order valence-corrected chi connectivity index (χ0v) is 9.32. The van der Waals surface area contributed by atoms with Gasteiger partial charge in [0.2, 0.25) is 0 Å². The van der Waals surface area contributed by atoms with E-state index in [2.05, 4.69) is 28.2 Å². The standard InChI is InChI=1S/C12H19N3/c1-11-9-15(7-3-6-14-11)10-12-4-2-5-13-8-12/h2,4-5,8,11,14H,3,6-7,9-10H2,1H3. The molecule has 1 aromatic rings. The molecule has 2 heterocycles. The van der Waals surface area contributed by atoms with Crippen molar-refractivity contribution >= 4 is 0 Å². The molecule has 1 fully saturated rings. The van der Waals surface area contributed by atoms with Gasteiger partial charge in [0.15, 0.2) is 0 Å². The van der Waals surface area contributed by atoms with Crippen LogP contribution >= 0.6 is 0 Å². The normalized spacial score (nSPS) is 23.7. The topological polar surface area (TPSA) is 28.2 Å². The van der Waals surface area contributed by atoms with Gasteiger partial charge in [-0.2, -0.15) is 0 Å². The summed E-state index contributed by atoms with van der Waals surface area (Å²) in [6, 6.07) is 4.76. The van der Waals surface area contributed by atoms with E-state index in [1.165, 1.54) is 18.5 Å². The molecule has 0 spiro atoms. The molecule has 2 rings (SSSR count). The van der Waals surface area contributed by atoms with Crippen molar-refractivity contribution in [2.24, 2.45) is 0 Å². The second-order valence-electron chi connectivity index (χ2n) is 4.31. The highest BCUT2D eigenvalue weighted by atomic mass is 15.2. The highest BCUT2D eigenvalue weighted by Crippen LogP contribution is 2.06. The summed E-state index contributed by atoms with van der Waals surface area (Å²) in [7, 11) is 0. The Labute approximate surface area is 91.5 Å². The summed E-state index contributed by atoms with van der Waals surface area (Å²) < 4.78 is 0. The maximum atomic E-state index is 4.15. The van der Waals surface area contributed by atoms with Gasteiger partial charge >= 0.3 is 0 Å². The van der Waals surface area contributed by atoms with Gasteiger partial charge < -0.3 is 5.32 Å². The number of pyridine rings is 1. The molecule has 0 amide bonds. The summed E-state index contributed by atoms with van der Waals surface area (Å²) >= 11 is 0. The summed E-state index contributed by atoms with van der Waals surface area (Å²) in [5, 5.41) is 3.50. The number of hydrogen-bond acceptors (Lipinski definition) is 3. The van der Waals surface area contributed by atoms with Crippen LogP contribution in [0.1, 0.15) is 18.9 Å². The quantitative estimate of drug-likeness (QED) is 0.788. The highest BCUT2D eigenvalue weighted by molar-refractivity contribution is 5.08. The van der Waals surface area contributed by atoms with E-state index in [0.717, 1.165) is 19.6 Å². The van der Waals surface area contributed by atoms with Crippen LogP contribution in [0.2, 0.25) is 0 Å². The maximum absolute atomic E-state index is 4.15. The lowest BCUT2D eigenvalue weighted by atomic mass is 10.2. The average molecular weight is 205 g/mol. The third kappa shape index (κ3) is 3.29. The van der Waals surface area contributed by atoms with Gasteiger partial charge in [0.05, 0.1) is 0 Å². The second kappa shape index (κ2) is 5.24. The Morgan fingerprint density at radius 2 is 2.53 bits per heavy atom. The van der Waals surface area contributed by atoms with E-state index in [-0.39, 0.29) is 0 Å². The van der Waals surface area contributed by atoms with Crippen LogP contribution in [0.3, 0.4) is 0 Å². The predicted octanol–water partition coefficient (Wildman–Crippen LogP) is 1.27. The van der Waals surface area contributed by atoms with Crippen molar-refractivity contribution in [2.45, 2.75) is 25.9 Å². The molecular weight excluding hydrogens is 186 g/mol. The SMILES string of the molecule is CC1CN(Cc2cccnc2)CCCN1. The first-order valence-electron chi connectivity index (χ1n) is 5.69. The fraction of sp³-hybridized carbons (Fsp3) is 0.583. The van der Waals surface area contributed by atoms with Crippen LogP contribution in [0.4, 0.5) is 0 Å². The fourth-order valence-electron chi connectivity index (χ4n) is 2.09. The van der Waals surface area contributed by atoms with E-state index >= 15 is 0 Å². The first-order valence-corrected chi connectivity index (χ1v) is 5.69. The predicted molar refractivity (Wildman–Crippen MR) is 61.6 cm³/mol. The van der Waals surface area contributed by atoms with E-state index in [0.29, 0.717) is 6.04 Å². The molecule has 1 atom stereocenters. The lowest BCUT2D eigenvalue weighted by molar-refractivity contribution is 0.264. The van der Waals surface area contributed by atoms with Gasteiger partial charge in [0.25, 0.3) is 0 Å². The van der Waals surface area contributed by atoms with Gasteiger partial charge in [-0.3, -0.25) is 9.88 Å². The number of rotatable bonds is 2. The van der Waals surface area contributed by atoms with Crippen molar-refractivity contribution in [3.63, 3.8) is 0 Å². The smallest absolute Gasteiger partial charge is 0.0312 e. The van der Waals surface area contributed by atoms with Gasteiger partial charge in [-0.1, -0.05) is 6.07 Å². The Kier molecular flexibility index (Phi) is 3.69. The van der Waals surface area contributed by atoms with E-state index in [1.54, 1.807) is 0 Å². The highest BCUT2D eigenvalue weighted by Gasteiger charge is 2.13. The largest absolute Gasteiger partial charge is 0.313 e. The Hall–Kier alpha value is -0.930. The maximum Gasteiger partial charge on any atom is 0.0312 e. The van der Waals surface area contributed by atoms with E-state index < -0.39 is 0 Å². The molecule has 0 radical (unpaired) electrons. The Balaban J connectivity index is 1.93. The molecule has 0 bridgehead atoms. The van der Waals surface area contributed by atoms with Crippen LogP contribution in [-0.2, 0) is 6.54 Å². The van der Waals surface area contributed by atoms with E-state index in [4.69, 9.17) is 0 Å². The molecule has 1 N–H and O–H groups in total. The molecule has 1 aromatic heterocycles. The number of aromatic nitrogens is 1. The molecule has 0 saturated carbocycles. The first-order chi connectivity index (χ1) is 7.34. The van der Waals surface area contributed by atoms with Crippen LogP contribution in [-0.4, -0.2) is 35.6 Å². The molecule has 1 aliphatic rings. The Morgan fingerprint density at radius 1 is 1.60 bits per heavy atom. The van der Waals surface area contributed by atoms with Gasteiger partial charge in [-0.05, 0) is 38.1 Å². The van der Waals surface area contributed by atoms with Crippen molar-refractivity contribution < 1.29 is 0 Å². The summed E-state index contributed by atoms with van der Waals surface area (Å²) in [4.78, 5) is 6.65. The minimum Gasteiger partial charge on any atom is -0.313 e. The Morgan fingerprint density at radius 3 is 3.33 bits per heavy atom. The van der Waals surface area contributed by atoms with Crippen molar-refractivity contribution in [3.05, 3.63) is 30.1 Å². The molecule has 1 saturated heterocycles. The van der Waals surface area contributed by atoms with Gasteiger partial charge in [0.1, 0.15) is 0 Å². The van der Waals surface area contributed by atoms with Gasteiger partial charge in [-0.15, -0.1) is 0 Å². The van der Waals surface area contributed by atoms with Crippen LogP contribution in [0.25, 0.3) is 0 Å². The van der Waals surface area contributed by atoms with Crippen LogP contribution < -0.4 is 5.32 Å². The van der Waals surface area contributed by atoms with Crippen molar-refractivity contribution in [3.8, 4) is 0 Å². The van der Waals surface area contributed by atoms with E-state index in [1.807, 2.05) is 18.5 Å². The number of nitrogens with zero attached hydrogens (tertiary/aromatic N) is 2. The summed E-state index contributed by atoms with van der Waals surface area (Å²) in [6.07, 6.45) is 5.03. The molecule has 15 heavy (non-hydrogen) atoms. The third-order valence-corrected chi connectivity index (χ3v) is 2.80. The number of nitrogens with one attached hydrogen (secondary N) is 1. The lowest BCUT2D eigenvalue weighted by Crippen LogP contribution is -2.34. The number of hydrogen-bond donors (Lipinski definition) is 1. The van der Waals surface area contributed by atoms with Gasteiger partial charge in [-0.25, -0.2) is 0 Å². The zero-order valence-electron chi connectivity index (χ0n) is 9.32.